The van der Waals surface area contributed by atoms with Crippen molar-refractivity contribution in [3.63, 3.8) is 0 Å². The van der Waals surface area contributed by atoms with E-state index in [0.717, 1.165) is 62.1 Å². The van der Waals surface area contributed by atoms with Crippen LogP contribution in [0.3, 0.4) is 0 Å². The molecule has 0 radical (unpaired) electrons. The predicted octanol–water partition coefficient (Wildman–Crippen LogP) is 3.46. The van der Waals surface area contributed by atoms with Crippen LogP contribution in [-0.4, -0.2) is 42.5 Å². The summed E-state index contributed by atoms with van der Waals surface area (Å²) in [6, 6.07) is 16.1. The van der Waals surface area contributed by atoms with Crippen LogP contribution in [0.15, 0.2) is 48.5 Å². The number of ketones is 1. The molecule has 142 valence electrons. The molecule has 4 rings (SSSR count). The number of hydrogen-bond acceptors (Lipinski definition) is 4. The van der Waals surface area contributed by atoms with E-state index in [4.69, 9.17) is 0 Å². The number of nitrogens with zero attached hydrogens (tertiary/aromatic N) is 1. The van der Waals surface area contributed by atoms with Crippen molar-refractivity contribution in [2.75, 3.05) is 32.0 Å². The van der Waals surface area contributed by atoms with Gasteiger partial charge in [-0.3, -0.25) is 4.79 Å². The summed E-state index contributed by atoms with van der Waals surface area (Å²) in [4.78, 5) is 15.4. The lowest BCUT2D eigenvalue weighted by atomic mass is 9.81. The fourth-order valence-corrected chi connectivity index (χ4v) is 4.49. The average Bonchev–Trinajstić information content (AvgIpc) is 2.72. The summed E-state index contributed by atoms with van der Waals surface area (Å²) in [7, 11) is 1.88. The first-order valence-corrected chi connectivity index (χ1v) is 9.94. The molecule has 2 aromatic carbocycles. The molecule has 1 aliphatic carbocycles. The molecule has 0 saturated carbocycles. The maximum Gasteiger partial charge on any atom is 0.167 e. The fraction of sp³-hybridized carbons (Fsp3) is 0.435. The minimum Gasteiger partial charge on any atom is -0.388 e. The zero-order chi connectivity index (χ0) is 18.9. The summed E-state index contributed by atoms with van der Waals surface area (Å²) in [6.45, 7) is 2.46. The number of fused-ring (bicyclic) bond motifs is 1. The summed E-state index contributed by atoms with van der Waals surface area (Å²) < 4.78 is 0. The highest BCUT2D eigenvalue weighted by Gasteiger charge is 2.36. The van der Waals surface area contributed by atoms with Crippen molar-refractivity contribution in [1.29, 1.82) is 0 Å². The van der Waals surface area contributed by atoms with E-state index in [1.807, 2.05) is 49.5 Å². The number of Topliss-reactive ketones (excluding diaryl/α,β-unsaturated/α-hetero) is 1. The van der Waals surface area contributed by atoms with E-state index < -0.39 is 5.60 Å². The van der Waals surface area contributed by atoms with Gasteiger partial charge in [-0.2, -0.15) is 0 Å². The maximum absolute atomic E-state index is 13.0. The van der Waals surface area contributed by atoms with E-state index in [0.29, 0.717) is 0 Å². The Kier molecular flexibility index (Phi) is 5.02. The van der Waals surface area contributed by atoms with Crippen LogP contribution in [0.25, 0.3) is 0 Å². The minimum absolute atomic E-state index is 0.0625. The average molecular weight is 364 g/mol. The number of aryl methyl sites for hydroxylation is 1. The topological polar surface area (TPSA) is 52.6 Å². The zero-order valence-electron chi connectivity index (χ0n) is 15.9. The van der Waals surface area contributed by atoms with Gasteiger partial charge in [0, 0.05) is 43.9 Å². The lowest BCUT2D eigenvalue weighted by Gasteiger charge is -2.40. The molecule has 1 heterocycles. The molecular formula is C23H28N2O2. The van der Waals surface area contributed by atoms with Crippen molar-refractivity contribution in [1.82, 2.24) is 4.90 Å². The molecule has 27 heavy (non-hydrogen) atoms. The van der Waals surface area contributed by atoms with Crippen LogP contribution in [-0.2, 0) is 12.0 Å². The van der Waals surface area contributed by atoms with E-state index in [9.17, 15) is 9.90 Å². The second kappa shape index (κ2) is 7.45. The van der Waals surface area contributed by atoms with Crippen molar-refractivity contribution in [3.8, 4) is 0 Å². The number of aliphatic hydroxyl groups is 1. The maximum atomic E-state index is 13.0. The first-order chi connectivity index (χ1) is 13.1. The Morgan fingerprint density at radius 2 is 1.89 bits per heavy atom. The van der Waals surface area contributed by atoms with Gasteiger partial charge >= 0.3 is 0 Å². The summed E-state index contributed by atoms with van der Waals surface area (Å²) in [5, 5.41) is 14.1. The first kappa shape index (κ1) is 18.2. The van der Waals surface area contributed by atoms with Gasteiger partial charge in [-0.15, -0.1) is 0 Å². The summed E-state index contributed by atoms with van der Waals surface area (Å²) in [5.41, 5.74) is 3.33. The SMILES string of the molecule is CNc1ccc2c(c1)C(=O)C(CN1CCC(O)(c3ccccc3)CC1)CC2. The van der Waals surface area contributed by atoms with Crippen molar-refractivity contribution in [2.45, 2.75) is 31.3 Å². The number of carbonyl (C=O) groups is 1. The molecule has 2 aliphatic rings. The van der Waals surface area contributed by atoms with Gasteiger partial charge in [0.05, 0.1) is 5.60 Å². The Morgan fingerprint density at radius 3 is 2.59 bits per heavy atom. The van der Waals surface area contributed by atoms with Crippen molar-refractivity contribution >= 4 is 11.5 Å². The molecule has 1 atom stereocenters. The molecule has 0 amide bonds. The van der Waals surface area contributed by atoms with Crippen molar-refractivity contribution in [3.05, 3.63) is 65.2 Å². The van der Waals surface area contributed by atoms with Gasteiger partial charge in [-0.25, -0.2) is 0 Å². The van der Waals surface area contributed by atoms with Crippen LogP contribution >= 0.6 is 0 Å². The van der Waals surface area contributed by atoms with Gasteiger partial charge in [-0.1, -0.05) is 36.4 Å². The summed E-state index contributed by atoms with van der Waals surface area (Å²) in [5.74, 6) is 0.338. The fourth-order valence-electron chi connectivity index (χ4n) is 4.49. The lowest BCUT2D eigenvalue weighted by Crippen LogP contribution is -2.45. The summed E-state index contributed by atoms with van der Waals surface area (Å²) in [6.07, 6.45) is 3.33. The molecule has 1 aliphatic heterocycles. The largest absolute Gasteiger partial charge is 0.388 e. The molecule has 2 aromatic rings. The molecule has 4 nitrogen and oxygen atoms in total. The van der Waals surface area contributed by atoms with Gasteiger partial charge in [0.15, 0.2) is 5.78 Å². The zero-order valence-corrected chi connectivity index (χ0v) is 15.9. The third-order valence-electron chi connectivity index (χ3n) is 6.27. The van der Waals surface area contributed by atoms with Gasteiger partial charge in [0.1, 0.15) is 0 Å². The van der Waals surface area contributed by atoms with Gasteiger partial charge < -0.3 is 15.3 Å². The Morgan fingerprint density at radius 1 is 1.15 bits per heavy atom. The molecule has 1 saturated heterocycles. The molecule has 2 N–H and O–H groups in total. The number of benzene rings is 2. The number of piperidine rings is 1. The quantitative estimate of drug-likeness (QED) is 0.872. The molecule has 0 aromatic heterocycles. The number of rotatable bonds is 4. The minimum atomic E-state index is -0.734. The second-order valence-electron chi connectivity index (χ2n) is 7.92. The molecule has 1 unspecified atom stereocenters. The van der Waals surface area contributed by atoms with Crippen LogP contribution in [0.1, 0.15) is 40.7 Å². The van der Waals surface area contributed by atoms with E-state index in [2.05, 4.69) is 16.3 Å². The van der Waals surface area contributed by atoms with Crippen LogP contribution in [0.2, 0.25) is 0 Å². The Balaban J connectivity index is 1.40. The summed E-state index contributed by atoms with van der Waals surface area (Å²) >= 11 is 0. The van der Waals surface area contributed by atoms with Gasteiger partial charge in [-0.05, 0) is 48.9 Å². The Labute approximate surface area is 161 Å². The van der Waals surface area contributed by atoms with Gasteiger partial charge in [0.25, 0.3) is 0 Å². The monoisotopic (exact) mass is 364 g/mol. The number of nitrogens with one attached hydrogen (secondary N) is 1. The number of likely N-dealkylation sites (tertiary alicyclic amines) is 1. The molecular weight excluding hydrogens is 336 g/mol. The van der Waals surface area contributed by atoms with E-state index in [1.165, 1.54) is 5.56 Å². The van der Waals surface area contributed by atoms with Crippen LogP contribution < -0.4 is 5.32 Å². The number of carbonyl (C=O) groups excluding carboxylic acids is 1. The highest BCUT2D eigenvalue weighted by atomic mass is 16.3. The van der Waals surface area contributed by atoms with Crippen LogP contribution in [0.4, 0.5) is 5.69 Å². The van der Waals surface area contributed by atoms with Gasteiger partial charge in [0.2, 0.25) is 0 Å². The van der Waals surface area contributed by atoms with Crippen LogP contribution in [0, 0.1) is 5.92 Å². The molecule has 4 heteroatoms. The smallest absolute Gasteiger partial charge is 0.167 e. The highest BCUT2D eigenvalue weighted by Crippen LogP contribution is 2.34. The highest BCUT2D eigenvalue weighted by molar-refractivity contribution is 6.01. The Hall–Kier alpha value is -2.17. The Bertz CT molecular complexity index is 810. The standard InChI is InChI=1S/C23H28N2O2/c1-24-20-10-9-17-7-8-18(22(26)21(17)15-20)16-25-13-11-23(27,12-14-25)19-5-3-2-4-6-19/h2-6,9-10,15,18,24,27H,7-8,11-14,16H2,1H3. The third-order valence-corrected chi connectivity index (χ3v) is 6.27. The molecule has 0 spiro atoms. The normalized spacial score (nSPS) is 22.3. The van der Waals surface area contributed by atoms with Crippen molar-refractivity contribution < 1.29 is 9.90 Å². The van der Waals surface area contributed by atoms with E-state index in [1.54, 1.807) is 0 Å². The van der Waals surface area contributed by atoms with Crippen LogP contribution in [0.5, 0.6) is 0 Å². The van der Waals surface area contributed by atoms with E-state index >= 15 is 0 Å². The third kappa shape index (κ3) is 3.64. The first-order valence-electron chi connectivity index (χ1n) is 9.94. The molecule has 0 bridgehead atoms. The number of hydrogen-bond donors (Lipinski definition) is 2. The van der Waals surface area contributed by atoms with E-state index in [-0.39, 0.29) is 11.7 Å². The number of anilines is 1. The lowest BCUT2D eigenvalue weighted by molar-refractivity contribution is -0.0283. The van der Waals surface area contributed by atoms with Crippen molar-refractivity contribution in [2.24, 2.45) is 5.92 Å². The second-order valence-corrected chi connectivity index (χ2v) is 7.92. The predicted molar refractivity (Wildman–Crippen MR) is 108 cm³/mol. The molecule has 1 fully saturated rings.